The Balaban J connectivity index is 2.78. The highest BCUT2D eigenvalue weighted by Gasteiger charge is 2.32. The third-order valence-corrected chi connectivity index (χ3v) is 3.95. The van der Waals surface area contributed by atoms with E-state index in [-0.39, 0.29) is 5.54 Å². The lowest BCUT2D eigenvalue weighted by molar-refractivity contribution is -0.00415. The van der Waals surface area contributed by atoms with E-state index in [1.165, 1.54) is 0 Å². The molecule has 0 saturated carbocycles. The van der Waals surface area contributed by atoms with E-state index in [1.807, 2.05) is 24.3 Å². The smallest absolute Gasteiger partial charge is 0.0758 e. The van der Waals surface area contributed by atoms with Crippen LogP contribution in [0.5, 0.6) is 0 Å². The molecule has 18 heavy (non-hydrogen) atoms. The number of benzene rings is 1. The second-order valence-corrected chi connectivity index (χ2v) is 5.61. The summed E-state index contributed by atoms with van der Waals surface area (Å²) in [6.45, 7) is 10.3. The first-order chi connectivity index (χ1) is 8.41. The van der Waals surface area contributed by atoms with Crippen LogP contribution in [0.3, 0.4) is 0 Å². The second-order valence-electron chi connectivity index (χ2n) is 5.18. The number of aliphatic hydroxyl groups is 1. The molecule has 1 rings (SSSR count). The van der Waals surface area contributed by atoms with Gasteiger partial charge in [-0.2, -0.15) is 0 Å². The highest BCUT2D eigenvalue weighted by atomic mass is 35.5. The standard InChI is InChI=1S/C15H24ClNO/c1-5-17(6-2)15(3,4)14(18)11-12-8-7-9-13(16)10-12/h7-10,14,18H,5-6,11H2,1-4H3. The van der Waals surface area contributed by atoms with Crippen molar-refractivity contribution in [2.75, 3.05) is 13.1 Å². The highest BCUT2D eigenvalue weighted by molar-refractivity contribution is 6.30. The Labute approximate surface area is 116 Å². The van der Waals surface area contributed by atoms with Crippen LogP contribution >= 0.6 is 11.6 Å². The molecule has 1 N–H and O–H groups in total. The van der Waals surface area contributed by atoms with Gasteiger partial charge in [0.25, 0.3) is 0 Å². The maximum Gasteiger partial charge on any atom is 0.0758 e. The quantitative estimate of drug-likeness (QED) is 0.856. The molecular weight excluding hydrogens is 246 g/mol. The van der Waals surface area contributed by atoms with Crippen LogP contribution in [0.2, 0.25) is 5.02 Å². The van der Waals surface area contributed by atoms with Crippen molar-refractivity contribution in [2.24, 2.45) is 0 Å². The monoisotopic (exact) mass is 269 g/mol. The van der Waals surface area contributed by atoms with Crippen molar-refractivity contribution in [2.45, 2.75) is 45.8 Å². The first-order valence-corrected chi connectivity index (χ1v) is 6.97. The molecule has 0 aliphatic carbocycles. The molecule has 3 heteroatoms. The van der Waals surface area contributed by atoms with Gasteiger partial charge in [0.15, 0.2) is 0 Å². The summed E-state index contributed by atoms with van der Waals surface area (Å²) in [6, 6.07) is 7.71. The van der Waals surface area contributed by atoms with Crippen LogP contribution in [-0.4, -0.2) is 34.7 Å². The van der Waals surface area contributed by atoms with Gasteiger partial charge in [0, 0.05) is 17.0 Å². The third kappa shape index (κ3) is 3.71. The maximum atomic E-state index is 10.5. The van der Waals surface area contributed by atoms with Crippen molar-refractivity contribution in [1.29, 1.82) is 0 Å². The molecule has 2 nitrogen and oxygen atoms in total. The van der Waals surface area contributed by atoms with Gasteiger partial charge in [-0.25, -0.2) is 0 Å². The number of aliphatic hydroxyl groups excluding tert-OH is 1. The fourth-order valence-corrected chi connectivity index (χ4v) is 2.60. The van der Waals surface area contributed by atoms with Crippen molar-refractivity contribution in [1.82, 2.24) is 4.90 Å². The van der Waals surface area contributed by atoms with E-state index in [0.29, 0.717) is 6.42 Å². The number of rotatable bonds is 6. The topological polar surface area (TPSA) is 23.5 Å². The summed E-state index contributed by atoms with van der Waals surface area (Å²) in [5, 5.41) is 11.2. The van der Waals surface area contributed by atoms with Crippen LogP contribution in [0.1, 0.15) is 33.3 Å². The first kappa shape index (κ1) is 15.5. The maximum absolute atomic E-state index is 10.5. The zero-order valence-electron chi connectivity index (χ0n) is 11.8. The van der Waals surface area contributed by atoms with E-state index in [0.717, 1.165) is 23.7 Å². The van der Waals surface area contributed by atoms with Gasteiger partial charge < -0.3 is 5.11 Å². The predicted octanol–water partition coefficient (Wildman–Crippen LogP) is 3.36. The molecule has 1 aromatic rings. The van der Waals surface area contributed by atoms with Crippen LogP contribution in [0.4, 0.5) is 0 Å². The summed E-state index contributed by atoms with van der Waals surface area (Å²) in [4.78, 5) is 2.28. The largest absolute Gasteiger partial charge is 0.391 e. The van der Waals surface area contributed by atoms with Gasteiger partial charge in [-0.05, 0) is 44.6 Å². The normalized spacial score (nSPS) is 13.9. The Kier molecular flexibility index (Phi) is 5.64. The van der Waals surface area contributed by atoms with Crippen molar-refractivity contribution in [3.8, 4) is 0 Å². The Morgan fingerprint density at radius 1 is 1.28 bits per heavy atom. The van der Waals surface area contributed by atoms with E-state index in [4.69, 9.17) is 11.6 Å². The number of hydrogen-bond acceptors (Lipinski definition) is 2. The Morgan fingerprint density at radius 2 is 1.89 bits per heavy atom. The SMILES string of the molecule is CCN(CC)C(C)(C)C(O)Cc1cccc(Cl)c1. The van der Waals surface area contributed by atoms with E-state index in [9.17, 15) is 5.11 Å². The van der Waals surface area contributed by atoms with Gasteiger partial charge in [-0.1, -0.05) is 37.6 Å². The fourth-order valence-electron chi connectivity index (χ4n) is 2.39. The highest BCUT2D eigenvalue weighted by Crippen LogP contribution is 2.22. The first-order valence-electron chi connectivity index (χ1n) is 6.59. The summed E-state index contributed by atoms with van der Waals surface area (Å²) in [6.07, 6.45) is 0.222. The van der Waals surface area contributed by atoms with E-state index >= 15 is 0 Å². The molecule has 1 atom stereocenters. The summed E-state index contributed by atoms with van der Waals surface area (Å²) in [5.74, 6) is 0. The van der Waals surface area contributed by atoms with Gasteiger partial charge in [0.2, 0.25) is 0 Å². The van der Waals surface area contributed by atoms with E-state index in [2.05, 4.69) is 32.6 Å². The second kappa shape index (κ2) is 6.55. The van der Waals surface area contributed by atoms with Gasteiger partial charge in [0.05, 0.1) is 6.10 Å². The minimum absolute atomic E-state index is 0.230. The van der Waals surface area contributed by atoms with Crippen LogP contribution in [0.25, 0.3) is 0 Å². The molecule has 0 aromatic heterocycles. The Hall–Kier alpha value is -0.570. The minimum Gasteiger partial charge on any atom is -0.391 e. The molecule has 0 radical (unpaired) electrons. The molecule has 0 spiro atoms. The molecule has 0 aliphatic heterocycles. The summed E-state index contributed by atoms with van der Waals surface area (Å²) >= 11 is 5.97. The molecule has 0 saturated heterocycles. The number of nitrogens with zero attached hydrogens (tertiary/aromatic N) is 1. The summed E-state index contributed by atoms with van der Waals surface area (Å²) < 4.78 is 0. The number of halogens is 1. The van der Waals surface area contributed by atoms with Crippen molar-refractivity contribution in [3.05, 3.63) is 34.9 Å². The molecule has 0 fully saturated rings. The van der Waals surface area contributed by atoms with Crippen LogP contribution in [0, 0.1) is 0 Å². The van der Waals surface area contributed by atoms with Gasteiger partial charge in [0.1, 0.15) is 0 Å². The van der Waals surface area contributed by atoms with Crippen molar-refractivity contribution >= 4 is 11.6 Å². The van der Waals surface area contributed by atoms with E-state index in [1.54, 1.807) is 0 Å². The molecule has 0 heterocycles. The minimum atomic E-state index is -0.407. The zero-order chi connectivity index (χ0) is 13.8. The molecule has 102 valence electrons. The van der Waals surface area contributed by atoms with E-state index < -0.39 is 6.10 Å². The molecule has 0 aliphatic rings. The Bertz CT molecular complexity index is 375. The lowest BCUT2D eigenvalue weighted by atomic mass is 9.90. The number of likely N-dealkylation sites (N-methyl/N-ethyl adjacent to an activating group) is 1. The molecular formula is C15H24ClNO. The number of hydrogen-bond donors (Lipinski definition) is 1. The summed E-state index contributed by atoms with van der Waals surface area (Å²) in [7, 11) is 0. The Morgan fingerprint density at radius 3 is 2.39 bits per heavy atom. The van der Waals surface area contributed by atoms with Crippen LogP contribution in [-0.2, 0) is 6.42 Å². The predicted molar refractivity (Wildman–Crippen MR) is 78.2 cm³/mol. The average molecular weight is 270 g/mol. The van der Waals surface area contributed by atoms with Crippen molar-refractivity contribution < 1.29 is 5.11 Å². The third-order valence-electron chi connectivity index (χ3n) is 3.71. The van der Waals surface area contributed by atoms with Crippen molar-refractivity contribution in [3.63, 3.8) is 0 Å². The molecule has 1 unspecified atom stereocenters. The lowest BCUT2D eigenvalue weighted by Crippen LogP contribution is -2.53. The van der Waals surface area contributed by atoms with Gasteiger partial charge in [-0.3, -0.25) is 4.90 Å². The van der Waals surface area contributed by atoms with Crippen LogP contribution < -0.4 is 0 Å². The molecule has 1 aromatic carbocycles. The average Bonchev–Trinajstić information content (AvgIpc) is 2.30. The van der Waals surface area contributed by atoms with Crippen LogP contribution in [0.15, 0.2) is 24.3 Å². The fraction of sp³-hybridized carbons (Fsp3) is 0.600. The molecule has 0 amide bonds. The lowest BCUT2D eigenvalue weighted by Gasteiger charge is -2.41. The molecule has 0 bridgehead atoms. The van der Waals surface area contributed by atoms with Gasteiger partial charge >= 0.3 is 0 Å². The zero-order valence-corrected chi connectivity index (χ0v) is 12.5. The van der Waals surface area contributed by atoms with Gasteiger partial charge in [-0.15, -0.1) is 0 Å². The summed E-state index contributed by atoms with van der Waals surface area (Å²) in [5.41, 5.74) is 0.849.